The van der Waals surface area contributed by atoms with Crippen molar-refractivity contribution in [2.24, 2.45) is 5.41 Å². The summed E-state index contributed by atoms with van der Waals surface area (Å²) in [6.07, 6.45) is 12.7. The van der Waals surface area contributed by atoms with Gasteiger partial charge in [0.1, 0.15) is 5.75 Å². The Kier molecular flexibility index (Phi) is 6.39. The molecule has 156 valence electrons. The van der Waals surface area contributed by atoms with Crippen LogP contribution in [0.1, 0.15) is 69.8 Å². The van der Waals surface area contributed by atoms with Crippen LogP contribution in [0.2, 0.25) is 0 Å². The lowest BCUT2D eigenvalue weighted by molar-refractivity contribution is -0.136. The van der Waals surface area contributed by atoms with Crippen LogP contribution in [-0.4, -0.2) is 23.7 Å². The molecule has 29 heavy (non-hydrogen) atoms. The molecule has 0 bridgehead atoms. The van der Waals surface area contributed by atoms with Gasteiger partial charge in [-0.25, -0.2) is 0 Å². The lowest BCUT2D eigenvalue weighted by Gasteiger charge is -2.42. The Bertz CT molecular complexity index is 831. The van der Waals surface area contributed by atoms with E-state index in [1.165, 1.54) is 74.1 Å². The number of hydrogen-bond acceptors (Lipinski definition) is 3. The Morgan fingerprint density at radius 1 is 1.00 bits per heavy atom. The number of ether oxygens (including phenoxy) is 1. The Labute approximate surface area is 173 Å². The fraction of sp³-hybridized carbons (Fsp3) is 0.560. The van der Waals surface area contributed by atoms with E-state index >= 15 is 0 Å². The third-order valence-electron chi connectivity index (χ3n) is 6.93. The molecule has 2 aliphatic carbocycles. The summed E-state index contributed by atoms with van der Waals surface area (Å²) in [5.74, 6) is 0.213. The standard InChI is InChI=1S/C25H33NO3/c27-24(28)10-15-26-18-19-4-5-21-17-23(7-6-20(21)16-19)29-22-8-13-25(14-9-22)11-2-1-3-12-25/h4-7,16-17,22,26H,1-3,8-15,18H2,(H,27,28). The molecule has 0 radical (unpaired) electrons. The molecule has 4 rings (SSSR count). The smallest absolute Gasteiger partial charge is 0.304 e. The first-order valence-electron chi connectivity index (χ1n) is 11.2. The predicted octanol–water partition coefficient (Wildman–Crippen LogP) is 5.68. The summed E-state index contributed by atoms with van der Waals surface area (Å²) in [5.41, 5.74) is 1.80. The van der Waals surface area contributed by atoms with Gasteiger partial charge in [-0.05, 0) is 78.5 Å². The molecule has 0 aliphatic heterocycles. The zero-order valence-corrected chi connectivity index (χ0v) is 17.3. The summed E-state index contributed by atoms with van der Waals surface area (Å²) >= 11 is 0. The van der Waals surface area contributed by atoms with Crippen molar-refractivity contribution in [3.63, 3.8) is 0 Å². The van der Waals surface area contributed by atoms with E-state index in [0.717, 1.165) is 5.75 Å². The second-order valence-electron chi connectivity index (χ2n) is 9.04. The second-order valence-corrected chi connectivity index (χ2v) is 9.04. The summed E-state index contributed by atoms with van der Waals surface area (Å²) < 4.78 is 6.36. The van der Waals surface area contributed by atoms with Gasteiger partial charge in [0.2, 0.25) is 0 Å². The maximum Gasteiger partial charge on any atom is 0.304 e. The molecule has 2 aromatic rings. The van der Waals surface area contributed by atoms with Crippen molar-refractivity contribution in [3.05, 3.63) is 42.0 Å². The SMILES string of the molecule is O=C(O)CCNCc1ccc2cc(OC3CCC4(CCCCC4)CC3)ccc2c1. The van der Waals surface area contributed by atoms with E-state index in [2.05, 4.69) is 41.7 Å². The van der Waals surface area contributed by atoms with Crippen LogP contribution in [-0.2, 0) is 11.3 Å². The minimum absolute atomic E-state index is 0.149. The summed E-state index contributed by atoms with van der Waals surface area (Å²) in [4.78, 5) is 10.6. The van der Waals surface area contributed by atoms with E-state index in [1.807, 2.05) is 0 Å². The predicted molar refractivity (Wildman–Crippen MR) is 116 cm³/mol. The molecule has 2 fully saturated rings. The average molecular weight is 396 g/mol. The Morgan fingerprint density at radius 2 is 1.72 bits per heavy atom. The number of benzene rings is 2. The molecule has 2 aromatic carbocycles. The number of nitrogens with one attached hydrogen (secondary N) is 1. The van der Waals surface area contributed by atoms with Crippen LogP contribution in [0.15, 0.2) is 36.4 Å². The molecule has 1 spiro atoms. The average Bonchev–Trinajstić information content (AvgIpc) is 2.73. The third-order valence-corrected chi connectivity index (χ3v) is 6.93. The number of rotatable bonds is 7. The highest BCUT2D eigenvalue weighted by Crippen LogP contribution is 2.47. The number of carboxylic acid groups (broad SMARTS) is 1. The molecule has 0 saturated heterocycles. The molecular weight excluding hydrogens is 362 g/mol. The lowest BCUT2D eigenvalue weighted by Crippen LogP contribution is -2.33. The maximum absolute atomic E-state index is 10.6. The molecule has 2 N–H and O–H groups in total. The largest absolute Gasteiger partial charge is 0.490 e. The van der Waals surface area contributed by atoms with Gasteiger partial charge < -0.3 is 15.2 Å². The van der Waals surface area contributed by atoms with Crippen LogP contribution in [0.4, 0.5) is 0 Å². The number of hydrogen-bond donors (Lipinski definition) is 2. The monoisotopic (exact) mass is 395 g/mol. The van der Waals surface area contributed by atoms with Gasteiger partial charge in [-0.3, -0.25) is 4.79 Å². The molecule has 0 amide bonds. The fourth-order valence-corrected chi connectivity index (χ4v) is 5.20. The van der Waals surface area contributed by atoms with Gasteiger partial charge in [0.15, 0.2) is 0 Å². The van der Waals surface area contributed by atoms with E-state index in [0.29, 0.717) is 24.6 Å². The number of fused-ring (bicyclic) bond motifs is 1. The first-order valence-corrected chi connectivity index (χ1v) is 11.2. The molecule has 0 atom stereocenters. The number of aliphatic carboxylic acids is 1. The first-order chi connectivity index (χ1) is 14.1. The van der Waals surface area contributed by atoms with Gasteiger partial charge in [0.05, 0.1) is 12.5 Å². The van der Waals surface area contributed by atoms with E-state index in [1.54, 1.807) is 0 Å². The summed E-state index contributed by atoms with van der Waals surface area (Å²) in [6, 6.07) is 12.8. The lowest BCUT2D eigenvalue weighted by atomic mass is 9.65. The van der Waals surface area contributed by atoms with Crippen LogP contribution >= 0.6 is 0 Å². The molecule has 4 heteroatoms. The molecular formula is C25H33NO3. The molecule has 0 unspecified atom stereocenters. The van der Waals surface area contributed by atoms with Crippen molar-refractivity contribution in [1.29, 1.82) is 0 Å². The third kappa shape index (κ3) is 5.30. The van der Waals surface area contributed by atoms with Gasteiger partial charge in [-0.2, -0.15) is 0 Å². The van der Waals surface area contributed by atoms with Crippen molar-refractivity contribution in [3.8, 4) is 5.75 Å². The van der Waals surface area contributed by atoms with E-state index in [-0.39, 0.29) is 6.42 Å². The van der Waals surface area contributed by atoms with Gasteiger partial charge >= 0.3 is 5.97 Å². The summed E-state index contributed by atoms with van der Waals surface area (Å²) in [6.45, 7) is 1.17. The van der Waals surface area contributed by atoms with E-state index < -0.39 is 5.97 Å². The first kappa shape index (κ1) is 20.2. The molecule has 2 aliphatic rings. The van der Waals surface area contributed by atoms with Crippen LogP contribution in [0.3, 0.4) is 0 Å². The fourth-order valence-electron chi connectivity index (χ4n) is 5.20. The van der Waals surface area contributed by atoms with Crippen LogP contribution < -0.4 is 10.1 Å². The maximum atomic E-state index is 10.6. The van der Waals surface area contributed by atoms with E-state index in [4.69, 9.17) is 9.84 Å². The zero-order chi connectivity index (χ0) is 20.1. The zero-order valence-electron chi connectivity index (χ0n) is 17.3. The van der Waals surface area contributed by atoms with Crippen LogP contribution in [0.25, 0.3) is 10.8 Å². The van der Waals surface area contributed by atoms with E-state index in [9.17, 15) is 4.79 Å². The second kappa shape index (κ2) is 9.17. The highest BCUT2D eigenvalue weighted by Gasteiger charge is 2.36. The van der Waals surface area contributed by atoms with Gasteiger partial charge in [0, 0.05) is 13.1 Å². The molecule has 0 heterocycles. The minimum atomic E-state index is -0.768. The molecule has 4 nitrogen and oxygen atoms in total. The van der Waals surface area contributed by atoms with Crippen molar-refractivity contribution >= 4 is 16.7 Å². The molecule has 0 aromatic heterocycles. The Balaban J connectivity index is 1.32. The van der Waals surface area contributed by atoms with Gasteiger partial charge in [0.25, 0.3) is 0 Å². The summed E-state index contributed by atoms with van der Waals surface area (Å²) in [5, 5.41) is 14.3. The van der Waals surface area contributed by atoms with Gasteiger partial charge in [-0.1, -0.05) is 37.5 Å². The van der Waals surface area contributed by atoms with Gasteiger partial charge in [-0.15, -0.1) is 0 Å². The number of carbonyl (C=O) groups is 1. The normalized spacial score (nSPS) is 19.4. The Hall–Kier alpha value is -2.07. The van der Waals surface area contributed by atoms with Crippen LogP contribution in [0.5, 0.6) is 5.75 Å². The van der Waals surface area contributed by atoms with Crippen molar-refractivity contribution < 1.29 is 14.6 Å². The number of carboxylic acids is 1. The van der Waals surface area contributed by atoms with Crippen molar-refractivity contribution in [2.75, 3.05) is 6.54 Å². The summed E-state index contributed by atoms with van der Waals surface area (Å²) in [7, 11) is 0. The topological polar surface area (TPSA) is 58.6 Å². The highest BCUT2D eigenvalue weighted by molar-refractivity contribution is 5.84. The highest BCUT2D eigenvalue weighted by atomic mass is 16.5. The molecule has 2 saturated carbocycles. The van der Waals surface area contributed by atoms with Crippen molar-refractivity contribution in [1.82, 2.24) is 5.32 Å². The van der Waals surface area contributed by atoms with Crippen LogP contribution in [0, 0.1) is 5.41 Å². The Morgan fingerprint density at radius 3 is 2.48 bits per heavy atom. The van der Waals surface area contributed by atoms with Crippen molar-refractivity contribution in [2.45, 2.75) is 76.9 Å². The quantitative estimate of drug-likeness (QED) is 0.593. The minimum Gasteiger partial charge on any atom is -0.490 e.